The topological polar surface area (TPSA) is 67.0 Å². The van der Waals surface area contributed by atoms with E-state index in [9.17, 15) is 4.79 Å². The molecule has 0 aromatic carbocycles. The van der Waals surface area contributed by atoms with Crippen molar-refractivity contribution in [3.63, 3.8) is 0 Å². The van der Waals surface area contributed by atoms with Crippen LogP contribution in [-0.2, 0) is 22.5 Å². The Morgan fingerprint density at radius 1 is 1.73 bits per heavy atom. The van der Waals surface area contributed by atoms with E-state index in [4.69, 9.17) is 4.74 Å². The highest BCUT2D eigenvalue weighted by Crippen LogP contribution is 2.12. The number of carbonyl (C=O) groups is 1. The van der Waals surface area contributed by atoms with Crippen molar-refractivity contribution in [2.24, 2.45) is 0 Å². The third-order valence-corrected chi connectivity index (χ3v) is 2.46. The van der Waals surface area contributed by atoms with Gasteiger partial charge in [-0.05, 0) is 6.42 Å². The fraction of sp³-hybridized carbons (Fsp3) is 0.600. The zero-order valence-electron chi connectivity index (χ0n) is 8.75. The fourth-order valence-corrected chi connectivity index (χ4v) is 1.64. The minimum Gasteiger partial charge on any atom is -0.465 e. The summed E-state index contributed by atoms with van der Waals surface area (Å²) in [6.45, 7) is 3.12. The van der Waals surface area contributed by atoms with Gasteiger partial charge in [-0.3, -0.25) is 10.1 Å². The second-order valence-electron chi connectivity index (χ2n) is 3.63. The third kappa shape index (κ3) is 2.18. The average molecular weight is 209 g/mol. The summed E-state index contributed by atoms with van der Waals surface area (Å²) in [4.78, 5) is 18.8. The molecule has 5 heteroatoms. The van der Waals surface area contributed by atoms with E-state index in [0.717, 1.165) is 17.8 Å². The first-order valence-electron chi connectivity index (χ1n) is 5.22. The fourth-order valence-electron chi connectivity index (χ4n) is 1.64. The van der Waals surface area contributed by atoms with Crippen LogP contribution in [0.5, 0.6) is 0 Å². The van der Waals surface area contributed by atoms with E-state index < -0.39 is 0 Å². The molecule has 1 aliphatic rings. The van der Waals surface area contributed by atoms with Crippen LogP contribution in [0.2, 0.25) is 0 Å². The predicted octanol–water partition coefficient (Wildman–Crippen LogP) is 0.377. The maximum Gasteiger partial charge on any atom is 0.323 e. The van der Waals surface area contributed by atoms with Gasteiger partial charge in [-0.1, -0.05) is 6.92 Å². The molecule has 1 unspecified atom stereocenters. The van der Waals surface area contributed by atoms with Crippen molar-refractivity contribution in [2.45, 2.75) is 32.4 Å². The summed E-state index contributed by atoms with van der Waals surface area (Å²) < 4.78 is 5.08. The summed E-state index contributed by atoms with van der Waals surface area (Å²) in [6, 6.07) is -0.243. The van der Waals surface area contributed by atoms with Gasteiger partial charge in [-0.15, -0.1) is 0 Å². The first-order valence-corrected chi connectivity index (χ1v) is 5.22. The Morgan fingerprint density at radius 3 is 3.40 bits per heavy atom. The van der Waals surface area contributed by atoms with Crippen molar-refractivity contribution in [1.29, 1.82) is 0 Å². The zero-order valence-corrected chi connectivity index (χ0v) is 8.75. The molecular weight excluding hydrogens is 194 g/mol. The van der Waals surface area contributed by atoms with Crippen LogP contribution in [-0.4, -0.2) is 28.6 Å². The molecule has 0 saturated carbocycles. The number of nitrogens with one attached hydrogen (secondary N) is 2. The summed E-state index contributed by atoms with van der Waals surface area (Å²) in [5.74, 6) is -0.175. The molecule has 0 bridgehead atoms. The second-order valence-corrected chi connectivity index (χ2v) is 3.63. The number of imidazole rings is 1. The maximum absolute atomic E-state index is 11.6. The van der Waals surface area contributed by atoms with Crippen LogP contribution in [0.1, 0.15) is 24.7 Å². The molecule has 0 aliphatic carbocycles. The van der Waals surface area contributed by atoms with Crippen LogP contribution in [0.4, 0.5) is 0 Å². The second kappa shape index (κ2) is 4.44. The third-order valence-electron chi connectivity index (χ3n) is 2.46. The molecule has 0 saturated heterocycles. The number of rotatable bonds is 3. The van der Waals surface area contributed by atoms with Gasteiger partial charge in [0, 0.05) is 13.0 Å². The van der Waals surface area contributed by atoms with Crippen molar-refractivity contribution in [3.05, 3.63) is 17.7 Å². The van der Waals surface area contributed by atoms with E-state index in [0.29, 0.717) is 19.6 Å². The summed E-state index contributed by atoms with van der Waals surface area (Å²) in [7, 11) is 0. The lowest BCUT2D eigenvalue weighted by atomic mass is 10.1. The normalized spacial score (nSPS) is 19.7. The minimum absolute atomic E-state index is 0.175. The van der Waals surface area contributed by atoms with Crippen molar-refractivity contribution in [2.75, 3.05) is 6.61 Å². The highest BCUT2D eigenvalue weighted by atomic mass is 16.5. The van der Waals surface area contributed by atoms with E-state index in [1.165, 1.54) is 0 Å². The molecule has 15 heavy (non-hydrogen) atoms. The van der Waals surface area contributed by atoms with Crippen LogP contribution in [0.25, 0.3) is 0 Å². The van der Waals surface area contributed by atoms with E-state index in [1.54, 1.807) is 6.33 Å². The Balaban J connectivity index is 1.94. The standard InChI is InChI=1S/C10H15N3O2/c1-2-3-15-10(14)8-4-7-9(5-11-8)13-6-12-7/h6,8,11H,2-5H2,1H3,(H,12,13). The van der Waals surface area contributed by atoms with Gasteiger partial charge in [-0.2, -0.15) is 0 Å². The molecular formula is C10H15N3O2. The number of esters is 1. The Hall–Kier alpha value is -1.36. The van der Waals surface area contributed by atoms with Crippen molar-refractivity contribution in [1.82, 2.24) is 15.3 Å². The van der Waals surface area contributed by atoms with Crippen LogP contribution >= 0.6 is 0 Å². The molecule has 0 spiro atoms. The first kappa shape index (κ1) is 10.2. The molecule has 1 atom stereocenters. The predicted molar refractivity (Wildman–Crippen MR) is 54.2 cm³/mol. The van der Waals surface area contributed by atoms with Gasteiger partial charge in [-0.25, -0.2) is 4.98 Å². The summed E-state index contributed by atoms with van der Waals surface area (Å²) in [5, 5.41) is 3.12. The van der Waals surface area contributed by atoms with Gasteiger partial charge in [0.25, 0.3) is 0 Å². The molecule has 2 N–H and O–H groups in total. The summed E-state index contributed by atoms with van der Waals surface area (Å²) in [5.41, 5.74) is 2.03. The number of ether oxygens (including phenoxy) is 1. The Kier molecular flexibility index (Phi) is 3.01. The molecule has 82 valence electrons. The lowest BCUT2D eigenvalue weighted by Gasteiger charge is -2.21. The Bertz CT molecular complexity index is 348. The van der Waals surface area contributed by atoms with Crippen LogP contribution in [0.15, 0.2) is 6.33 Å². The largest absolute Gasteiger partial charge is 0.465 e. The Morgan fingerprint density at radius 2 is 2.60 bits per heavy atom. The maximum atomic E-state index is 11.6. The number of carbonyl (C=O) groups excluding carboxylic acids is 1. The molecule has 1 aromatic heterocycles. The molecule has 5 nitrogen and oxygen atoms in total. The van der Waals surface area contributed by atoms with E-state index in [1.807, 2.05) is 6.92 Å². The van der Waals surface area contributed by atoms with E-state index in [-0.39, 0.29) is 12.0 Å². The Labute approximate surface area is 88.2 Å². The number of aromatic amines is 1. The van der Waals surface area contributed by atoms with Gasteiger partial charge in [0.2, 0.25) is 0 Å². The molecule has 1 aromatic rings. The van der Waals surface area contributed by atoms with Gasteiger partial charge in [0.05, 0.1) is 24.3 Å². The quantitative estimate of drug-likeness (QED) is 0.706. The number of hydrogen-bond acceptors (Lipinski definition) is 4. The smallest absolute Gasteiger partial charge is 0.323 e. The molecule has 0 fully saturated rings. The molecule has 1 aliphatic heterocycles. The minimum atomic E-state index is -0.243. The summed E-state index contributed by atoms with van der Waals surface area (Å²) in [6.07, 6.45) is 3.12. The SMILES string of the molecule is CCCOC(=O)C1Cc2nc[nH]c2CN1. The highest BCUT2D eigenvalue weighted by Gasteiger charge is 2.26. The number of nitrogens with zero attached hydrogens (tertiary/aromatic N) is 1. The highest BCUT2D eigenvalue weighted by molar-refractivity contribution is 5.76. The average Bonchev–Trinajstić information content (AvgIpc) is 2.72. The van der Waals surface area contributed by atoms with Crippen LogP contribution in [0.3, 0.4) is 0 Å². The lowest BCUT2D eigenvalue weighted by Crippen LogP contribution is -2.42. The number of fused-ring (bicyclic) bond motifs is 1. The number of hydrogen-bond donors (Lipinski definition) is 2. The van der Waals surface area contributed by atoms with Gasteiger partial charge >= 0.3 is 5.97 Å². The zero-order chi connectivity index (χ0) is 10.7. The first-order chi connectivity index (χ1) is 7.31. The van der Waals surface area contributed by atoms with Crippen LogP contribution in [0, 0.1) is 0 Å². The molecule has 0 radical (unpaired) electrons. The van der Waals surface area contributed by atoms with Crippen molar-refractivity contribution in [3.8, 4) is 0 Å². The monoisotopic (exact) mass is 209 g/mol. The number of H-pyrrole nitrogens is 1. The van der Waals surface area contributed by atoms with Crippen molar-refractivity contribution < 1.29 is 9.53 Å². The van der Waals surface area contributed by atoms with Gasteiger partial charge in [0.15, 0.2) is 0 Å². The number of aromatic nitrogens is 2. The molecule has 0 amide bonds. The molecule has 2 rings (SSSR count). The van der Waals surface area contributed by atoms with Gasteiger partial charge in [0.1, 0.15) is 6.04 Å². The summed E-state index contributed by atoms with van der Waals surface area (Å²) >= 11 is 0. The van der Waals surface area contributed by atoms with Crippen LogP contribution < -0.4 is 5.32 Å². The van der Waals surface area contributed by atoms with E-state index >= 15 is 0 Å². The lowest BCUT2D eigenvalue weighted by molar-refractivity contribution is -0.146. The van der Waals surface area contributed by atoms with Crippen molar-refractivity contribution >= 4 is 5.97 Å². The van der Waals surface area contributed by atoms with Gasteiger partial charge < -0.3 is 9.72 Å². The van der Waals surface area contributed by atoms with E-state index in [2.05, 4.69) is 15.3 Å². The molecule has 2 heterocycles.